The average molecular weight is 330 g/mol. The van der Waals surface area contributed by atoms with E-state index in [1.165, 1.54) is 10.5 Å². The number of imide groups is 1. The molecule has 2 aliphatic heterocycles. The standard InChI is InChI=1S/C18H22N2O4/c1-3-11(2)12-5-4-6-13(9-12)15-10-20(18(23)24-15)14-7-8-16(21)19-17(14)22/h4-6,9,11,14-15H,3,7-8,10H2,1-2H3,(H,19,21,22)/t11?,14?,15-/m0/s1. The van der Waals surface area contributed by atoms with Crippen molar-refractivity contribution < 1.29 is 19.1 Å². The van der Waals surface area contributed by atoms with E-state index in [-0.39, 0.29) is 18.4 Å². The predicted octanol–water partition coefficient (Wildman–Crippen LogP) is 2.50. The van der Waals surface area contributed by atoms with E-state index in [0.29, 0.717) is 18.9 Å². The summed E-state index contributed by atoms with van der Waals surface area (Å²) in [7, 11) is 0. The topological polar surface area (TPSA) is 75.7 Å². The maximum atomic E-state index is 12.2. The maximum absolute atomic E-state index is 12.2. The van der Waals surface area contributed by atoms with Crippen LogP contribution < -0.4 is 5.32 Å². The molecule has 0 aliphatic carbocycles. The van der Waals surface area contributed by atoms with E-state index in [1.54, 1.807) is 0 Å². The second-order valence-corrected chi connectivity index (χ2v) is 6.47. The van der Waals surface area contributed by atoms with E-state index in [0.717, 1.165) is 12.0 Å². The van der Waals surface area contributed by atoms with Crippen molar-refractivity contribution in [2.24, 2.45) is 0 Å². The Labute approximate surface area is 141 Å². The van der Waals surface area contributed by atoms with Crippen molar-refractivity contribution in [2.75, 3.05) is 6.54 Å². The lowest BCUT2D eigenvalue weighted by molar-refractivity contribution is -0.136. The third-order valence-corrected chi connectivity index (χ3v) is 4.89. The van der Waals surface area contributed by atoms with Gasteiger partial charge in [0, 0.05) is 6.42 Å². The molecule has 128 valence electrons. The minimum atomic E-state index is -0.627. The van der Waals surface area contributed by atoms with E-state index >= 15 is 0 Å². The lowest BCUT2D eigenvalue weighted by Gasteiger charge is -2.27. The maximum Gasteiger partial charge on any atom is 0.411 e. The smallest absolute Gasteiger partial charge is 0.411 e. The molecule has 3 rings (SSSR count). The van der Waals surface area contributed by atoms with E-state index in [4.69, 9.17) is 4.74 Å². The van der Waals surface area contributed by atoms with Crippen LogP contribution >= 0.6 is 0 Å². The number of cyclic esters (lactones) is 1. The van der Waals surface area contributed by atoms with Crippen molar-refractivity contribution in [1.29, 1.82) is 0 Å². The van der Waals surface area contributed by atoms with Gasteiger partial charge in [-0.2, -0.15) is 0 Å². The van der Waals surface area contributed by atoms with Gasteiger partial charge in [0.25, 0.3) is 0 Å². The van der Waals surface area contributed by atoms with Crippen molar-refractivity contribution >= 4 is 17.9 Å². The molecule has 1 N–H and O–H groups in total. The van der Waals surface area contributed by atoms with Crippen LogP contribution in [0.25, 0.3) is 0 Å². The molecule has 6 nitrogen and oxygen atoms in total. The van der Waals surface area contributed by atoms with Crippen molar-refractivity contribution in [3.05, 3.63) is 35.4 Å². The van der Waals surface area contributed by atoms with Crippen LogP contribution in [-0.4, -0.2) is 35.4 Å². The first kappa shape index (κ1) is 16.5. The van der Waals surface area contributed by atoms with Gasteiger partial charge in [-0.05, 0) is 29.9 Å². The van der Waals surface area contributed by atoms with Gasteiger partial charge in [0.1, 0.15) is 12.1 Å². The molecule has 2 heterocycles. The highest BCUT2D eigenvalue weighted by Gasteiger charge is 2.41. The zero-order valence-corrected chi connectivity index (χ0v) is 14.0. The van der Waals surface area contributed by atoms with Gasteiger partial charge in [-0.3, -0.25) is 19.8 Å². The van der Waals surface area contributed by atoms with E-state index < -0.39 is 18.0 Å². The molecule has 6 heteroatoms. The van der Waals surface area contributed by atoms with Crippen LogP contribution in [0.1, 0.15) is 56.3 Å². The Morgan fingerprint density at radius 2 is 2.12 bits per heavy atom. The molecule has 2 aliphatic rings. The Bertz CT molecular complexity index is 673. The summed E-state index contributed by atoms with van der Waals surface area (Å²) >= 11 is 0. The molecule has 0 saturated carbocycles. The number of benzene rings is 1. The molecular weight excluding hydrogens is 308 g/mol. The number of nitrogens with one attached hydrogen (secondary N) is 1. The fourth-order valence-corrected chi connectivity index (χ4v) is 3.19. The summed E-state index contributed by atoms with van der Waals surface area (Å²) in [5.41, 5.74) is 2.15. The third kappa shape index (κ3) is 3.13. The Balaban J connectivity index is 1.75. The summed E-state index contributed by atoms with van der Waals surface area (Å²) in [4.78, 5) is 36.9. The zero-order valence-electron chi connectivity index (χ0n) is 14.0. The second-order valence-electron chi connectivity index (χ2n) is 6.47. The minimum absolute atomic E-state index is 0.244. The third-order valence-electron chi connectivity index (χ3n) is 4.89. The van der Waals surface area contributed by atoms with Gasteiger partial charge in [-0.25, -0.2) is 4.79 Å². The van der Waals surface area contributed by atoms with Crippen molar-refractivity contribution in [3.8, 4) is 0 Å². The molecule has 2 saturated heterocycles. The van der Waals surface area contributed by atoms with Gasteiger partial charge in [0.2, 0.25) is 11.8 Å². The van der Waals surface area contributed by atoms with E-state index in [9.17, 15) is 14.4 Å². The normalized spacial score (nSPS) is 25.4. The molecule has 3 atom stereocenters. The Morgan fingerprint density at radius 3 is 2.83 bits per heavy atom. The number of hydrogen-bond donors (Lipinski definition) is 1. The SMILES string of the molecule is CCC(C)c1cccc([C@@H]2CN(C3CCC(=O)NC3=O)C(=O)O2)c1. The molecule has 1 aromatic rings. The molecule has 1 aromatic carbocycles. The first-order valence-corrected chi connectivity index (χ1v) is 8.40. The quantitative estimate of drug-likeness (QED) is 0.861. The first-order chi connectivity index (χ1) is 11.5. The minimum Gasteiger partial charge on any atom is -0.439 e. The molecule has 0 spiro atoms. The zero-order chi connectivity index (χ0) is 17.3. The number of carbonyl (C=O) groups excluding carboxylic acids is 3. The van der Waals surface area contributed by atoms with Crippen LogP contribution in [0, 0.1) is 0 Å². The molecule has 0 aromatic heterocycles. The van der Waals surface area contributed by atoms with Crippen molar-refractivity contribution in [1.82, 2.24) is 10.2 Å². The summed E-state index contributed by atoms with van der Waals surface area (Å²) in [6, 6.07) is 7.43. The summed E-state index contributed by atoms with van der Waals surface area (Å²) in [5.74, 6) is -0.271. The summed E-state index contributed by atoms with van der Waals surface area (Å²) < 4.78 is 5.48. The van der Waals surface area contributed by atoms with Crippen molar-refractivity contribution in [2.45, 2.75) is 51.2 Å². The number of piperidine rings is 1. The second kappa shape index (κ2) is 6.63. The van der Waals surface area contributed by atoms with Gasteiger partial charge in [-0.15, -0.1) is 0 Å². The number of hydrogen-bond acceptors (Lipinski definition) is 4. The molecule has 3 amide bonds. The Morgan fingerprint density at radius 1 is 1.33 bits per heavy atom. The Kier molecular flexibility index (Phi) is 4.55. The molecule has 0 bridgehead atoms. The van der Waals surface area contributed by atoms with Crippen LogP contribution in [0.15, 0.2) is 24.3 Å². The number of amides is 3. The van der Waals surface area contributed by atoms with E-state index in [2.05, 4.69) is 31.3 Å². The lowest BCUT2D eigenvalue weighted by Crippen LogP contribution is -2.52. The Hall–Kier alpha value is -2.37. The average Bonchev–Trinajstić information content (AvgIpc) is 2.96. The number of nitrogens with zero attached hydrogens (tertiary/aromatic N) is 1. The summed E-state index contributed by atoms with van der Waals surface area (Å²) in [6.45, 7) is 4.63. The molecule has 0 radical (unpaired) electrons. The fraction of sp³-hybridized carbons (Fsp3) is 0.500. The van der Waals surface area contributed by atoms with Gasteiger partial charge >= 0.3 is 6.09 Å². The van der Waals surface area contributed by atoms with Gasteiger partial charge < -0.3 is 4.74 Å². The largest absolute Gasteiger partial charge is 0.439 e. The van der Waals surface area contributed by atoms with Gasteiger partial charge in [0.05, 0.1) is 6.54 Å². The number of ether oxygens (including phenoxy) is 1. The first-order valence-electron chi connectivity index (χ1n) is 8.40. The van der Waals surface area contributed by atoms with Crippen LogP contribution in [0.5, 0.6) is 0 Å². The summed E-state index contributed by atoms with van der Waals surface area (Å²) in [6.07, 6.45) is 0.750. The lowest BCUT2D eigenvalue weighted by atomic mass is 9.95. The van der Waals surface area contributed by atoms with Crippen LogP contribution in [0.4, 0.5) is 4.79 Å². The van der Waals surface area contributed by atoms with Crippen molar-refractivity contribution in [3.63, 3.8) is 0 Å². The molecule has 2 unspecified atom stereocenters. The highest BCUT2D eigenvalue weighted by atomic mass is 16.6. The van der Waals surface area contributed by atoms with Crippen LogP contribution in [-0.2, 0) is 14.3 Å². The highest BCUT2D eigenvalue weighted by molar-refractivity contribution is 6.01. The number of rotatable bonds is 4. The number of carbonyl (C=O) groups is 3. The molecular formula is C18H22N2O4. The van der Waals surface area contributed by atoms with Crippen LogP contribution in [0.3, 0.4) is 0 Å². The summed E-state index contributed by atoms with van der Waals surface area (Å²) in [5, 5.41) is 2.29. The monoisotopic (exact) mass is 330 g/mol. The highest BCUT2D eigenvalue weighted by Crippen LogP contribution is 2.31. The van der Waals surface area contributed by atoms with Gasteiger partial charge in [-0.1, -0.05) is 38.1 Å². The molecule has 24 heavy (non-hydrogen) atoms. The fourth-order valence-electron chi connectivity index (χ4n) is 3.19. The van der Waals surface area contributed by atoms with E-state index in [1.807, 2.05) is 12.1 Å². The predicted molar refractivity (Wildman–Crippen MR) is 87.2 cm³/mol. The molecule has 2 fully saturated rings. The van der Waals surface area contributed by atoms with Crippen LogP contribution in [0.2, 0.25) is 0 Å². The van der Waals surface area contributed by atoms with Gasteiger partial charge in [0.15, 0.2) is 0 Å².